The molecule has 3 rings (SSSR count). The fourth-order valence-corrected chi connectivity index (χ4v) is 3.74. The van der Waals surface area contributed by atoms with E-state index in [2.05, 4.69) is 4.90 Å². The zero-order valence-electron chi connectivity index (χ0n) is 12.8. The summed E-state index contributed by atoms with van der Waals surface area (Å²) in [5.41, 5.74) is 0.736. The summed E-state index contributed by atoms with van der Waals surface area (Å²) in [6, 6.07) is 9.57. The molecule has 1 aromatic rings. The zero-order valence-corrected chi connectivity index (χ0v) is 12.8. The number of esters is 1. The normalized spacial score (nSPS) is 32.7. The average Bonchev–Trinajstić information content (AvgIpc) is 2.79. The quantitative estimate of drug-likeness (QED) is 0.809. The Morgan fingerprint density at radius 2 is 2.09 bits per heavy atom. The molecule has 2 aliphatic heterocycles. The first-order chi connectivity index (χ1) is 10.6. The Morgan fingerprint density at radius 1 is 1.36 bits per heavy atom. The van der Waals surface area contributed by atoms with Gasteiger partial charge in [-0.1, -0.05) is 30.3 Å². The SMILES string of the molecule is CN1C2CCC1C(O)C(OC(=O)[C@H](CO)c1ccccc1)C2. The molecule has 120 valence electrons. The summed E-state index contributed by atoms with van der Waals surface area (Å²) >= 11 is 0. The number of fused-ring (bicyclic) bond motifs is 2. The summed E-state index contributed by atoms with van der Waals surface area (Å²) in [5.74, 6) is -1.15. The number of carbonyl (C=O) groups is 1. The Hall–Kier alpha value is -1.43. The van der Waals surface area contributed by atoms with Gasteiger partial charge in [-0.3, -0.25) is 9.69 Å². The van der Waals surface area contributed by atoms with E-state index in [1.54, 1.807) is 12.1 Å². The van der Waals surface area contributed by atoms with Gasteiger partial charge in [0.1, 0.15) is 18.1 Å². The van der Waals surface area contributed by atoms with Crippen molar-refractivity contribution in [2.24, 2.45) is 0 Å². The molecule has 0 amide bonds. The highest BCUT2D eigenvalue weighted by atomic mass is 16.6. The smallest absolute Gasteiger partial charge is 0.316 e. The molecule has 5 heteroatoms. The molecular weight excluding hydrogens is 282 g/mol. The minimum atomic E-state index is -0.689. The van der Waals surface area contributed by atoms with Crippen molar-refractivity contribution < 1.29 is 19.7 Å². The number of benzene rings is 1. The van der Waals surface area contributed by atoms with Gasteiger partial charge in [0.2, 0.25) is 0 Å². The molecule has 2 bridgehead atoms. The Bertz CT molecular complexity index is 521. The maximum absolute atomic E-state index is 12.4. The van der Waals surface area contributed by atoms with Gasteiger partial charge < -0.3 is 14.9 Å². The van der Waals surface area contributed by atoms with Crippen LogP contribution in [0.25, 0.3) is 0 Å². The van der Waals surface area contributed by atoms with Crippen LogP contribution in [0.1, 0.15) is 30.7 Å². The van der Waals surface area contributed by atoms with Gasteiger partial charge in [-0.15, -0.1) is 0 Å². The van der Waals surface area contributed by atoms with Crippen molar-refractivity contribution in [1.82, 2.24) is 4.90 Å². The summed E-state index contributed by atoms with van der Waals surface area (Å²) in [4.78, 5) is 14.6. The van der Waals surface area contributed by atoms with Crippen molar-refractivity contribution in [3.63, 3.8) is 0 Å². The number of carbonyl (C=O) groups excluding carboxylic acids is 1. The van der Waals surface area contributed by atoms with Crippen LogP contribution in [0.3, 0.4) is 0 Å². The van der Waals surface area contributed by atoms with Crippen molar-refractivity contribution in [1.29, 1.82) is 0 Å². The number of piperidine rings is 1. The standard InChI is InChI=1S/C17H23NO4/c1-18-12-7-8-14(18)16(20)15(9-12)22-17(21)13(10-19)11-5-3-2-4-6-11/h2-6,12-16,19-20H,7-10H2,1H3/t12?,13-,14?,15?,16?/m1/s1. The largest absolute Gasteiger partial charge is 0.459 e. The summed E-state index contributed by atoms with van der Waals surface area (Å²) in [5, 5.41) is 20.0. The van der Waals surface area contributed by atoms with E-state index < -0.39 is 24.1 Å². The van der Waals surface area contributed by atoms with Crippen molar-refractivity contribution in [3.05, 3.63) is 35.9 Å². The summed E-state index contributed by atoms with van der Waals surface area (Å²) in [7, 11) is 2.02. The monoisotopic (exact) mass is 305 g/mol. The lowest BCUT2D eigenvalue weighted by atomic mass is 9.96. The summed E-state index contributed by atoms with van der Waals surface area (Å²) in [6.45, 7) is -0.293. The van der Waals surface area contributed by atoms with Crippen LogP contribution in [-0.2, 0) is 9.53 Å². The summed E-state index contributed by atoms with van der Waals surface area (Å²) in [6.07, 6.45) is 1.52. The molecule has 5 atom stereocenters. The molecule has 22 heavy (non-hydrogen) atoms. The third kappa shape index (κ3) is 2.76. The number of rotatable bonds is 4. The molecule has 2 N–H and O–H groups in total. The second-order valence-electron chi connectivity index (χ2n) is 6.31. The first-order valence-corrected chi connectivity index (χ1v) is 7.88. The van der Waals surface area contributed by atoms with Gasteiger partial charge in [-0.25, -0.2) is 0 Å². The van der Waals surface area contributed by atoms with E-state index in [1.165, 1.54) is 0 Å². The van der Waals surface area contributed by atoms with Crippen LogP contribution in [0.5, 0.6) is 0 Å². The van der Waals surface area contributed by atoms with Crippen LogP contribution in [0, 0.1) is 0 Å². The van der Waals surface area contributed by atoms with Gasteiger partial charge >= 0.3 is 5.97 Å². The van der Waals surface area contributed by atoms with E-state index in [0.29, 0.717) is 12.5 Å². The van der Waals surface area contributed by atoms with Crippen LogP contribution in [-0.4, -0.2) is 59.0 Å². The summed E-state index contributed by atoms with van der Waals surface area (Å²) < 4.78 is 5.56. The van der Waals surface area contributed by atoms with Gasteiger partial charge in [0.05, 0.1) is 6.61 Å². The third-order valence-corrected chi connectivity index (χ3v) is 5.11. The molecule has 0 aromatic heterocycles. The number of hydrogen-bond acceptors (Lipinski definition) is 5. The molecule has 0 aliphatic carbocycles. The fraction of sp³-hybridized carbons (Fsp3) is 0.588. The van der Waals surface area contributed by atoms with E-state index in [1.807, 2.05) is 25.2 Å². The molecule has 0 saturated carbocycles. The van der Waals surface area contributed by atoms with Crippen LogP contribution >= 0.6 is 0 Å². The Morgan fingerprint density at radius 3 is 2.77 bits per heavy atom. The lowest BCUT2D eigenvalue weighted by Crippen LogP contribution is -2.54. The molecule has 2 heterocycles. The average molecular weight is 305 g/mol. The second-order valence-corrected chi connectivity index (χ2v) is 6.31. The maximum atomic E-state index is 12.4. The van der Waals surface area contributed by atoms with Gasteiger partial charge in [0, 0.05) is 18.5 Å². The highest BCUT2D eigenvalue weighted by molar-refractivity contribution is 5.78. The molecule has 2 fully saturated rings. The van der Waals surface area contributed by atoms with E-state index in [0.717, 1.165) is 18.4 Å². The van der Waals surface area contributed by atoms with Crippen LogP contribution < -0.4 is 0 Å². The zero-order chi connectivity index (χ0) is 15.7. The van der Waals surface area contributed by atoms with Gasteiger partial charge in [0.15, 0.2) is 0 Å². The highest BCUT2D eigenvalue weighted by Gasteiger charge is 2.46. The fourth-order valence-electron chi connectivity index (χ4n) is 3.74. The second kappa shape index (κ2) is 6.36. The van der Waals surface area contributed by atoms with Crippen molar-refractivity contribution in [2.75, 3.05) is 13.7 Å². The van der Waals surface area contributed by atoms with E-state index in [9.17, 15) is 15.0 Å². The van der Waals surface area contributed by atoms with Gasteiger partial charge in [0.25, 0.3) is 0 Å². The first-order valence-electron chi connectivity index (χ1n) is 7.88. The minimum Gasteiger partial charge on any atom is -0.459 e. The molecule has 2 aliphatic rings. The number of aliphatic hydroxyl groups is 2. The number of aliphatic hydroxyl groups excluding tert-OH is 2. The topological polar surface area (TPSA) is 70.0 Å². The van der Waals surface area contributed by atoms with E-state index in [-0.39, 0.29) is 12.6 Å². The van der Waals surface area contributed by atoms with E-state index >= 15 is 0 Å². The predicted molar refractivity (Wildman–Crippen MR) is 81.3 cm³/mol. The molecular formula is C17H23NO4. The number of ether oxygens (including phenoxy) is 1. The lowest BCUT2D eigenvalue weighted by molar-refractivity contribution is -0.165. The van der Waals surface area contributed by atoms with Gasteiger partial charge in [-0.2, -0.15) is 0 Å². The molecule has 0 radical (unpaired) electrons. The Kier molecular flexibility index (Phi) is 4.47. The van der Waals surface area contributed by atoms with Gasteiger partial charge in [-0.05, 0) is 25.5 Å². The van der Waals surface area contributed by atoms with Crippen LogP contribution in [0.15, 0.2) is 30.3 Å². The predicted octanol–water partition coefficient (Wildman–Crippen LogP) is 0.902. The minimum absolute atomic E-state index is 0.0702. The Balaban J connectivity index is 1.69. The highest BCUT2D eigenvalue weighted by Crippen LogP contribution is 2.36. The van der Waals surface area contributed by atoms with Crippen molar-refractivity contribution in [3.8, 4) is 0 Å². The number of likely N-dealkylation sites (N-methyl/N-ethyl adjacent to an activating group) is 1. The third-order valence-electron chi connectivity index (χ3n) is 5.11. The number of nitrogens with zero attached hydrogens (tertiary/aromatic N) is 1. The van der Waals surface area contributed by atoms with Crippen LogP contribution in [0.4, 0.5) is 0 Å². The maximum Gasteiger partial charge on any atom is 0.316 e. The van der Waals surface area contributed by atoms with E-state index in [4.69, 9.17) is 4.74 Å². The molecule has 4 unspecified atom stereocenters. The lowest BCUT2D eigenvalue weighted by Gasteiger charge is -2.40. The van der Waals surface area contributed by atoms with Crippen molar-refractivity contribution >= 4 is 5.97 Å². The van der Waals surface area contributed by atoms with Crippen LogP contribution in [0.2, 0.25) is 0 Å². The molecule has 5 nitrogen and oxygen atoms in total. The molecule has 0 spiro atoms. The molecule has 1 aromatic carbocycles. The molecule has 2 saturated heterocycles. The first kappa shape index (κ1) is 15.5. The van der Waals surface area contributed by atoms with Crippen molar-refractivity contribution in [2.45, 2.75) is 49.5 Å². The number of hydrogen-bond donors (Lipinski definition) is 2. The Labute approximate surface area is 130 Å².